The SMILES string of the molecule is CCN(CC)CC(=O)Nc1c(C)cccc1C.Cc1cccc(C)c1OCC(C)C. The molecule has 0 aliphatic carbocycles. The molecule has 4 heteroatoms. The van der Waals surface area contributed by atoms with E-state index in [1.807, 2.05) is 32.0 Å². The summed E-state index contributed by atoms with van der Waals surface area (Å²) in [4.78, 5) is 14.0. The Morgan fingerprint density at radius 3 is 1.80 bits per heavy atom. The van der Waals surface area contributed by atoms with Crippen LogP contribution in [-0.2, 0) is 4.79 Å². The fourth-order valence-electron chi connectivity index (χ4n) is 3.12. The van der Waals surface area contributed by atoms with Crippen LogP contribution in [0.25, 0.3) is 0 Å². The molecule has 2 aromatic rings. The monoisotopic (exact) mass is 412 g/mol. The van der Waals surface area contributed by atoms with Crippen molar-refractivity contribution < 1.29 is 9.53 Å². The van der Waals surface area contributed by atoms with E-state index in [1.54, 1.807) is 0 Å². The van der Waals surface area contributed by atoms with E-state index in [9.17, 15) is 4.79 Å². The molecule has 0 aliphatic heterocycles. The van der Waals surface area contributed by atoms with Gasteiger partial charge in [0.2, 0.25) is 5.91 Å². The Balaban J connectivity index is 0.000000311. The molecule has 0 radical (unpaired) electrons. The molecule has 1 N–H and O–H groups in total. The van der Waals surface area contributed by atoms with Crippen molar-refractivity contribution in [3.8, 4) is 5.75 Å². The van der Waals surface area contributed by atoms with Crippen molar-refractivity contribution in [1.29, 1.82) is 0 Å². The van der Waals surface area contributed by atoms with Crippen LogP contribution in [0.1, 0.15) is 49.9 Å². The number of hydrogen-bond donors (Lipinski definition) is 1. The Kier molecular flexibility index (Phi) is 11.2. The summed E-state index contributed by atoms with van der Waals surface area (Å²) in [5.41, 5.74) is 5.61. The summed E-state index contributed by atoms with van der Waals surface area (Å²) in [6.07, 6.45) is 0. The normalized spacial score (nSPS) is 10.6. The highest BCUT2D eigenvalue weighted by molar-refractivity contribution is 5.93. The van der Waals surface area contributed by atoms with E-state index < -0.39 is 0 Å². The van der Waals surface area contributed by atoms with Crippen LogP contribution in [-0.4, -0.2) is 37.0 Å². The summed E-state index contributed by atoms with van der Waals surface area (Å²) in [6.45, 7) is 19.7. The van der Waals surface area contributed by atoms with Gasteiger partial charge in [0.15, 0.2) is 0 Å². The molecule has 0 aromatic heterocycles. The summed E-state index contributed by atoms with van der Waals surface area (Å²) in [6, 6.07) is 12.3. The minimum absolute atomic E-state index is 0.0612. The second-order valence-corrected chi connectivity index (χ2v) is 8.20. The average Bonchev–Trinajstić information content (AvgIpc) is 2.69. The maximum atomic E-state index is 11.9. The van der Waals surface area contributed by atoms with Crippen molar-refractivity contribution in [2.24, 2.45) is 5.92 Å². The Hall–Kier alpha value is -2.33. The van der Waals surface area contributed by atoms with Gasteiger partial charge < -0.3 is 10.1 Å². The van der Waals surface area contributed by atoms with Crippen molar-refractivity contribution >= 4 is 11.6 Å². The van der Waals surface area contributed by atoms with Gasteiger partial charge in [-0.1, -0.05) is 64.1 Å². The number of carbonyl (C=O) groups is 1. The number of hydrogen-bond acceptors (Lipinski definition) is 3. The molecular weight excluding hydrogens is 372 g/mol. The largest absolute Gasteiger partial charge is 0.493 e. The van der Waals surface area contributed by atoms with Gasteiger partial charge in [0.1, 0.15) is 5.75 Å². The van der Waals surface area contributed by atoms with Crippen LogP contribution in [0.15, 0.2) is 36.4 Å². The third-order valence-electron chi connectivity index (χ3n) is 4.98. The first-order valence-electron chi connectivity index (χ1n) is 11.0. The quantitative estimate of drug-likeness (QED) is 0.585. The van der Waals surface area contributed by atoms with Crippen LogP contribution in [0.5, 0.6) is 5.75 Å². The molecule has 0 atom stereocenters. The van der Waals surface area contributed by atoms with Gasteiger partial charge >= 0.3 is 0 Å². The summed E-state index contributed by atoms with van der Waals surface area (Å²) in [5.74, 6) is 1.70. The standard InChI is InChI=1S/C14H22N2O.C12H18O/c1-5-16(6-2)10-13(17)15-14-11(3)8-7-9-12(14)4;1-9(2)8-13-12-10(3)6-5-7-11(12)4/h7-9H,5-6,10H2,1-4H3,(H,15,17);5-7,9H,8H2,1-4H3. The van der Waals surface area contributed by atoms with Crippen LogP contribution < -0.4 is 10.1 Å². The lowest BCUT2D eigenvalue weighted by atomic mass is 10.1. The lowest BCUT2D eigenvalue weighted by Crippen LogP contribution is -2.33. The lowest BCUT2D eigenvalue weighted by molar-refractivity contribution is -0.117. The van der Waals surface area contributed by atoms with Gasteiger partial charge in [0, 0.05) is 5.69 Å². The van der Waals surface area contributed by atoms with Crippen molar-refractivity contribution in [3.63, 3.8) is 0 Å². The van der Waals surface area contributed by atoms with Crippen molar-refractivity contribution in [1.82, 2.24) is 4.90 Å². The summed E-state index contributed by atoms with van der Waals surface area (Å²) in [5, 5.41) is 3.00. The van der Waals surface area contributed by atoms with E-state index in [0.717, 1.165) is 42.3 Å². The summed E-state index contributed by atoms with van der Waals surface area (Å²) < 4.78 is 5.73. The third kappa shape index (κ3) is 8.58. The van der Waals surface area contributed by atoms with E-state index in [1.165, 1.54) is 11.1 Å². The smallest absolute Gasteiger partial charge is 0.238 e. The van der Waals surface area contributed by atoms with E-state index >= 15 is 0 Å². The minimum Gasteiger partial charge on any atom is -0.493 e. The average molecular weight is 413 g/mol. The molecule has 2 rings (SSSR count). The summed E-state index contributed by atoms with van der Waals surface area (Å²) in [7, 11) is 0. The zero-order valence-corrected chi connectivity index (χ0v) is 20.1. The Labute approximate surface area is 183 Å². The molecule has 0 spiro atoms. The van der Waals surface area contributed by atoms with E-state index in [4.69, 9.17) is 4.74 Å². The first kappa shape index (κ1) is 25.7. The zero-order valence-electron chi connectivity index (χ0n) is 20.1. The first-order valence-corrected chi connectivity index (χ1v) is 11.0. The number of amides is 1. The highest BCUT2D eigenvalue weighted by atomic mass is 16.5. The first-order chi connectivity index (χ1) is 14.2. The Morgan fingerprint density at radius 2 is 1.37 bits per heavy atom. The highest BCUT2D eigenvalue weighted by Crippen LogP contribution is 2.22. The van der Waals surface area contributed by atoms with Crippen LogP contribution in [0.4, 0.5) is 5.69 Å². The lowest BCUT2D eigenvalue weighted by Gasteiger charge is -2.18. The van der Waals surface area contributed by atoms with E-state index in [2.05, 4.69) is 70.0 Å². The number of carbonyl (C=O) groups excluding carboxylic acids is 1. The second-order valence-electron chi connectivity index (χ2n) is 8.20. The van der Waals surface area contributed by atoms with Gasteiger partial charge in [-0.15, -0.1) is 0 Å². The van der Waals surface area contributed by atoms with Gasteiger partial charge in [0.05, 0.1) is 13.2 Å². The molecule has 0 saturated heterocycles. The molecule has 166 valence electrons. The molecule has 0 aliphatic rings. The Bertz CT molecular complexity index is 755. The molecule has 0 unspecified atom stereocenters. The summed E-state index contributed by atoms with van der Waals surface area (Å²) >= 11 is 0. The number of aryl methyl sites for hydroxylation is 4. The van der Waals surface area contributed by atoms with Crippen molar-refractivity contribution in [2.75, 3.05) is 31.6 Å². The Morgan fingerprint density at radius 1 is 0.900 bits per heavy atom. The van der Waals surface area contributed by atoms with Crippen LogP contribution in [0, 0.1) is 33.6 Å². The molecule has 1 amide bonds. The topological polar surface area (TPSA) is 41.6 Å². The van der Waals surface area contributed by atoms with Gasteiger partial charge in [-0.05, 0) is 69.0 Å². The number of anilines is 1. The highest BCUT2D eigenvalue weighted by Gasteiger charge is 2.10. The van der Waals surface area contributed by atoms with Gasteiger partial charge in [-0.25, -0.2) is 0 Å². The molecule has 0 bridgehead atoms. The van der Waals surface area contributed by atoms with Gasteiger partial charge in [-0.2, -0.15) is 0 Å². The number of rotatable bonds is 8. The van der Waals surface area contributed by atoms with Crippen LogP contribution in [0.2, 0.25) is 0 Å². The second kappa shape index (κ2) is 13.1. The molecule has 0 saturated carbocycles. The van der Waals surface area contributed by atoms with Crippen LogP contribution in [0.3, 0.4) is 0 Å². The van der Waals surface area contributed by atoms with Gasteiger partial charge in [0.25, 0.3) is 0 Å². The number of nitrogens with one attached hydrogen (secondary N) is 1. The predicted molar refractivity (Wildman–Crippen MR) is 129 cm³/mol. The third-order valence-corrected chi connectivity index (χ3v) is 4.98. The predicted octanol–water partition coefficient (Wildman–Crippen LogP) is 5.92. The van der Waals surface area contributed by atoms with E-state index in [0.29, 0.717) is 12.5 Å². The molecule has 4 nitrogen and oxygen atoms in total. The number of likely N-dealkylation sites (N-methyl/N-ethyl adjacent to an activating group) is 1. The molecule has 0 heterocycles. The molecule has 2 aromatic carbocycles. The van der Waals surface area contributed by atoms with Crippen LogP contribution >= 0.6 is 0 Å². The van der Waals surface area contributed by atoms with Crippen molar-refractivity contribution in [2.45, 2.75) is 55.4 Å². The number of benzene rings is 2. The minimum atomic E-state index is 0.0612. The van der Waals surface area contributed by atoms with E-state index in [-0.39, 0.29) is 5.91 Å². The molecular formula is C26H40N2O2. The molecule has 0 fully saturated rings. The van der Waals surface area contributed by atoms with Crippen molar-refractivity contribution in [3.05, 3.63) is 58.7 Å². The number of ether oxygens (including phenoxy) is 1. The fraction of sp³-hybridized carbons (Fsp3) is 0.500. The number of para-hydroxylation sites is 2. The fourth-order valence-corrected chi connectivity index (χ4v) is 3.12. The zero-order chi connectivity index (χ0) is 22.7. The maximum absolute atomic E-state index is 11.9. The maximum Gasteiger partial charge on any atom is 0.238 e. The molecule has 30 heavy (non-hydrogen) atoms. The number of nitrogens with zero attached hydrogens (tertiary/aromatic N) is 1. The van der Waals surface area contributed by atoms with Gasteiger partial charge in [-0.3, -0.25) is 9.69 Å².